The number of aliphatic hydroxyl groups is 1. The van der Waals surface area contributed by atoms with Crippen molar-refractivity contribution in [3.8, 4) is 0 Å². The minimum Gasteiger partial charge on any atom is -0.391 e. The molecule has 2 N–H and O–H groups in total. The highest BCUT2D eigenvalue weighted by atomic mass is 16.3. The molecule has 2 amide bonds. The van der Waals surface area contributed by atoms with Gasteiger partial charge in [0.15, 0.2) is 0 Å². The summed E-state index contributed by atoms with van der Waals surface area (Å²) in [6, 6.07) is 2.79. The van der Waals surface area contributed by atoms with Crippen LogP contribution in [-0.2, 0) is 16.1 Å². The molecule has 1 unspecified atom stereocenters. The molecule has 0 saturated carbocycles. The minimum absolute atomic E-state index is 0.116. The number of nitrogens with zero attached hydrogens (tertiary/aromatic N) is 6. The van der Waals surface area contributed by atoms with Gasteiger partial charge in [-0.05, 0) is 42.5 Å². The Balaban J connectivity index is 1.62. The van der Waals surface area contributed by atoms with Crippen LogP contribution >= 0.6 is 0 Å². The van der Waals surface area contributed by atoms with Gasteiger partial charge in [0.05, 0.1) is 36.2 Å². The van der Waals surface area contributed by atoms with Crippen molar-refractivity contribution in [2.24, 2.45) is 5.41 Å². The standard InChI is InChI=1S/C24H33N7O3/c1-14-7-18-19(8-15(14)2)29(13-26-18)10-16-11-31(28-27-16)21(24(3,4)5)23(34)30-12-17(32)9-20(30)22(33)25-6/h7-8,11,13,17,20-21,32H,9-10,12H2,1-6H3,(H,25,33)/t17-,20+,21?/m1/s1. The van der Waals surface area contributed by atoms with Crippen LogP contribution in [0.2, 0.25) is 0 Å². The van der Waals surface area contributed by atoms with Crippen molar-refractivity contribution in [1.82, 2.24) is 34.8 Å². The Labute approximate surface area is 198 Å². The summed E-state index contributed by atoms with van der Waals surface area (Å²) in [5, 5.41) is 21.4. The van der Waals surface area contributed by atoms with E-state index in [1.807, 2.05) is 25.3 Å². The maximum atomic E-state index is 13.7. The van der Waals surface area contributed by atoms with Gasteiger partial charge in [-0.25, -0.2) is 9.67 Å². The third-order valence-corrected chi connectivity index (χ3v) is 6.56. The zero-order valence-corrected chi connectivity index (χ0v) is 20.6. The van der Waals surface area contributed by atoms with Crippen molar-refractivity contribution < 1.29 is 14.7 Å². The van der Waals surface area contributed by atoms with Gasteiger partial charge < -0.3 is 19.9 Å². The number of carbonyl (C=O) groups excluding carboxylic acids is 2. The summed E-state index contributed by atoms with van der Waals surface area (Å²) < 4.78 is 3.60. The normalized spacial score (nSPS) is 19.6. The highest BCUT2D eigenvalue weighted by Crippen LogP contribution is 2.34. The fourth-order valence-electron chi connectivity index (χ4n) is 4.64. The molecule has 10 nitrogen and oxygen atoms in total. The fraction of sp³-hybridized carbons (Fsp3) is 0.542. The summed E-state index contributed by atoms with van der Waals surface area (Å²) in [6.45, 7) is 10.6. The Kier molecular flexibility index (Phi) is 6.20. The van der Waals surface area contributed by atoms with E-state index in [9.17, 15) is 14.7 Å². The second kappa shape index (κ2) is 8.83. The summed E-state index contributed by atoms with van der Waals surface area (Å²) in [6.07, 6.45) is 3.05. The highest BCUT2D eigenvalue weighted by Gasteiger charge is 2.45. The molecule has 3 atom stereocenters. The lowest BCUT2D eigenvalue weighted by Crippen LogP contribution is -2.49. The van der Waals surface area contributed by atoms with Crippen LogP contribution < -0.4 is 5.32 Å². The first-order chi connectivity index (χ1) is 16.0. The van der Waals surface area contributed by atoms with Crippen LogP contribution in [0, 0.1) is 19.3 Å². The number of carbonyl (C=O) groups is 2. The Bertz CT molecular complexity index is 1220. The molecule has 1 aromatic carbocycles. The number of likely N-dealkylation sites (N-methyl/N-ethyl adjacent to an activating group) is 1. The quantitative estimate of drug-likeness (QED) is 0.588. The van der Waals surface area contributed by atoms with E-state index in [1.54, 1.807) is 17.2 Å². The summed E-state index contributed by atoms with van der Waals surface area (Å²) in [5.41, 5.74) is 4.52. The molecule has 0 spiro atoms. The number of aliphatic hydroxyl groups excluding tert-OH is 1. The van der Waals surface area contributed by atoms with Crippen LogP contribution in [0.4, 0.5) is 0 Å². The molecule has 1 aliphatic rings. The Morgan fingerprint density at radius 2 is 1.94 bits per heavy atom. The summed E-state index contributed by atoms with van der Waals surface area (Å²) in [4.78, 5) is 32.0. The van der Waals surface area contributed by atoms with Crippen LogP contribution in [0.3, 0.4) is 0 Å². The number of rotatable bonds is 5. The van der Waals surface area contributed by atoms with Gasteiger partial charge in [0.2, 0.25) is 11.8 Å². The molecule has 1 aliphatic heterocycles. The number of amides is 2. The smallest absolute Gasteiger partial charge is 0.248 e. The first-order valence-corrected chi connectivity index (χ1v) is 11.5. The van der Waals surface area contributed by atoms with Crippen molar-refractivity contribution in [3.63, 3.8) is 0 Å². The lowest BCUT2D eigenvalue weighted by Gasteiger charge is -2.34. The molecular weight excluding hydrogens is 434 g/mol. The monoisotopic (exact) mass is 467 g/mol. The Morgan fingerprint density at radius 1 is 1.24 bits per heavy atom. The van der Waals surface area contributed by atoms with E-state index < -0.39 is 23.6 Å². The zero-order chi connectivity index (χ0) is 24.8. The van der Waals surface area contributed by atoms with Crippen LogP contribution in [0.25, 0.3) is 11.0 Å². The molecule has 0 radical (unpaired) electrons. The number of aromatic nitrogens is 5. The maximum absolute atomic E-state index is 13.7. The molecule has 182 valence electrons. The third-order valence-electron chi connectivity index (χ3n) is 6.56. The van der Waals surface area contributed by atoms with Gasteiger partial charge in [-0.1, -0.05) is 26.0 Å². The number of likely N-dealkylation sites (tertiary alicyclic amines) is 1. The van der Waals surface area contributed by atoms with Crippen molar-refractivity contribution in [2.45, 2.75) is 65.8 Å². The van der Waals surface area contributed by atoms with Crippen molar-refractivity contribution in [3.05, 3.63) is 41.5 Å². The topological polar surface area (TPSA) is 118 Å². The van der Waals surface area contributed by atoms with Gasteiger partial charge in [-0.15, -0.1) is 5.10 Å². The number of imidazole rings is 1. The summed E-state index contributed by atoms with van der Waals surface area (Å²) in [5.74, 6) is -0.539. The molecular formula is C24H33N7O3. The summed E-state index contributed by atoms with van der Waals surface area (Å²) >= 11 is 0. The lowest BCUT2D eigenvalue weighted by atomic mass is 9.85. The maximum Gasteiger partial charge on any atom is 0.248 e. The molecule has 0 bridgehead atoms. The molecule has 34 heavy (non-hydrogen) atoms. The number of hydrogen-bond donors (Lipinski definition) is 2. The second-order valence-corrected chi connectivity index (χ2v) is 10.3. The number of β-amino-alcohol motifs (C(OH)–C–C–N with tert-alkyl or cyclic N) is 1. The number of aryl methyl sites for hydroxylation is 2. The molecule has 0 aliphatic carbocycles. The number of nitrogens with one attached hydrogen (secondary N) is 1. The van der Waals surface area contributed by atoms with Crippen molar-refractivity contribution in [2.75, 3.05) is 13.6 Å². The minimum atomic E-state index is -0.736. The predicted molar refractivity (Wildman–Crippen MR) is 127 cm³/mol. The molecule has 3 heterocycles. The van der Waals surface area contributed by atoms with Gasteiger partial charge in [0, 0.05) is 20.0 Å². The lowest BCUT2D eigenvalue weighted by molar-refractivity contribution is -0.144. The van der Waals surface area contributed by atoms with E-state index in [0.717, 1.165) is 11.0 Å². The molecule has 1 fully saturated rings. The Morgan fingerprint density at radius 3 is 2.62 bits per heavy atom. The van der Waals surface area contributed by atoms with E-state index in [1.165, 1.54) is 23.1 Å². The SMILES string of the molecule is CNC(=O)[C@@H]1C[C@@H](O)CN1C(=O)C(n1cc(Cn2cnc3cc(C)c(C)cc32)nn1)C(C)(C)C. The zero-order valence-electron chi connectivity index (χ0n) is 20.6. The van der Waals surface area contributed by atoms with E-state index in [2.05, 4.69) is 46.6 Å². The van der Waals surface area contributed by atoms with Crippen LogP contribution in [-0.4, -0.2) is 72.1 Å². The van der Waals surface area contributed by atoms with Crippen molar-refractivity contribution >= 4 is 22.8 Å². The summed E-state index contributed by atoms with van der Waals surface area (Å²) in [7, 11) is 1.53. The molecule has 1 saturated heterocycles. The average molecular weight is 468 g/mol. The van der Waals surface area contributed by atoms with Gasteiger partial charge in [-0.2, -0.15) is 0 Å². The fourth-order valence-corrected chi connectivity index (χ4v) is 4.64. The number of benzene rings is 1. The van der Waals surface area contributed by atoms with Crippen LogP contribution in [0.15, 0.2) is 24.7 Å². The van der Waals surface area contributed by atoms with E-state index in [0.29, 0.717) is 12.2 Å². The van der Waals surface area contributed by atoms with Gasteiger partial charge in [0.25, 0.3) is 0 Å². The molecule has 2 aromatic heterocycles. The highest BCUT2D eigenvalue weighted by molar-refractivity contribution is 5.90. The van der Waals surface area contributed by atoms with Crippen LogP contribution in [0.5, 0.6) is 0 Å². The second-order valence-electron chi connectivity index (χ2n) is 10.3. The molecule has 10 heteroatoms. The van der Waals surface area contributed by atoms with Crippen LogP contribution in [0.1, 0.15) is 50.1 Å². The first kappa shape index (κ1) is 23.9. The van der Waals surface area contributed by atoms with E-state index >= 15 is 0 Å². The molecule has 3 aromatic rings. The van der Waals surface area contributed by atoms with Gasteiger partial charge in [0.1, 0.15) is 17.8 Å². The third kappa shape index (κ3) is 4.42. The van der Waals surface area contributed by atoms with Crippen molar-refractivity contribution in [1.29, 1.82) is 0 Å². The van der Waals surface area contributed by atoms with E-state index in [4.69, 9.17) is 0 Å². The molecule has 4 rings (SSSR count). The first-order valence-electron chi connectivity index (χ1n) is 11.5. The Hall–Kier alpha value is -3.27. The largest absolute Gasteiger partial charge is 0.391 e. The van der Waals surface area contributed by atoms with Gasteiger partial charge >= 0.3 is 0 Å². The number of fused-ring (bicyclic) bond motifs is 1. The van der Waals surface area contributed by atoms with Gasteiger partial charge in [-0.3, -0.25) is 9.59 Å². The average Bonchev–Trinajstić information content (AvgIpc) is 3.47. The predicted octanol–water partition coefficient (Wildman–Crippen LogP) is 1.59. The van der Waals surface area contributed by atoms with E-state index in [-0.39, 0.29) is 24.8 Å². The number of hydrogen-bond acceptors (Lipinski definition) is 6.